The van der Waals surface area contributed by atoms with Crippen molar-refractivity contribution in [1.82, 2.24) is 0 Å². The van der Waals surface area contributed by atoms with Gasteiger partial charge in [-0.25, -0.2) is 0 Å². The molecule has 3 aliphatic rings. The van der Waals surface area contributed by atoms with Crippen molar-refractivity contribution in [2.75, 3.05) is 0 Å². The monoisotopic (exact) mass is 732 g/mol. The van der Waals surface area contributed by atoms with E-state index in [0.29, 0.717) is 0 Å². The average Bonchev–Trinajstić information content (AvgIpc) is 3.76. The molecular formula is C58H36. The second-order valence-electron chi connectivity index (χ2n) is 16.2. The van der Waals surface area contributed by atoms with Gasteiger partial charge in [0.1, 0.15) is 0 Å². The first-order valence-electron chi connectivity index (χ1n) is 20.4. The second-order valence-corrected chi connectivity index (χ2v) is 16.2. The van der Waals surface area contributed by atoms with Gasteiger partial charge in [0.2, 0.25) is 0 Å². The summed E-state index contributed by atoms with van der Waals surface area (Å²) in [5, 5.41) is 5.08. The molecule has 0 fully saturated rings. The topological polar surface area (TPSA) is 0 Å². The standard InChI is InChI=1S/C58H36/c1-2-18-37(19-3-1)55-43-24-4-6-26-45(43)56(46-27-7-5-25-44(46)55)38-34-35-53-54(36-38)58(49-30-14-10-22-41(49)42-23-11-15-31-50(42)58)52-33-17-16-32-51(52)57(53)47-28-12-8-20-39(47)40-21-9-13-29-48(40)57/h1-36H. The summed E-state index contributed by atoms with van der Waals surface area (Å²) >= 11 is 0. The molecule has 0 saturated carbocycles. The first kappa shape index (κ1) is 31.9. The van der Waals surface area contributed by atoms with E-state index in [2.05, 4.69) is 218 Å². The van der Waals surface area contributed by atoms with E-state index in [0.717, 1.165) is 0 Å². The second kappa shape index (κ2) is 11.6. The fourth-order valence-electron chi connectivity index (χ4n) is 11.8. The molecule has 2 spiro atoms. The lowest BCUT2D eigenvalue weighted by Gasteiger charge is -2.49. The van der Waals surface area contributed by atoms with Crippen molar-refractivity contribution in [3.8, 4) is 44.5 Å². The highest BCUT2D eigenvalue weighted by atomic mass is 14.6. The van der Waals surface area contributed by atoms with Crippen LogP contribution in [0.2, 0.25) is 0 Å². The molecule has 0 unspecified atom stereocenters. The molecule has 0 saturated heterocycles. The molecule has 0 nitrogen and oxygen atoms in total. The van der Waals surface area contributed by atoms with Crippen LogP contribution in [0.25, 0.3) is 66.1 Å². The molecule has 0 heterocycles. The fourth-order valence-corrected chi connectivity index (χ4v) is 11.8. The molecule has 58 heavy (non-hydrogen) atoms. The maximum Gasteiger partial charge on any atom is 0.0720 e. The van der Waals surface area contributed by atoms with Gasteiger partial charge in [-0.1, -0.05) is 212 Å². The highest BCUT2D eigenvalue weighted by Crippen LogP contribution is 2.67. The molecule has 0 atom stereocenters. The van der Waals surface area contributed by atoms with Crippen LogP contribution >= 0.6 is 0 Å². The van der Waals surface area contributed by atoms with Crippen molar-refractivity contribution in [3.63, 3.8) is 0 Å². The van der Waals surface area contributed by atoms with E-state index in [1.54, 1.807) is 0 Å². The number of benzene rings is 10. The van der Waals surface area contributed by atoms with Crippen LogP contribution in [0.15, 0.2) is 218 Å². The Morgan fingerprint density at radius 1 is 0.207 bits per heavy atom. The molecule has 0 N–H and O–H groups in total. The molecular weight excluding hydrogens is 697 g/mol. The molecule has 0 aliphatic heterocycles. The van der Waals surface area contributed by atoms with Crippen LogP contribution in [0.1, 0.15) is 44.5 Å². The zero-order chi connectivity index (χ0) is 38.0. The summed E-state index contributed by atoms with van der Waals surface area (Å²) in [5.74, 6) is 0. The third kappa shape index (κ3) is 3.81. The summed E-state index contributed by atoms with van der Waals surface area (Å²) in [4.78, 5) is 0. The van der Waals surface area contributed by atoms with Gasteiger partial charge in [-0.3, -0.25) is 0 Å². The minimum Gasteiger partial charge on any atom is -0.0622 e. The zero-order valence-electron chi connectivity index (χ0n) is 31.8. The Bertz CT molecular complexity index is 3200. The van der Waals surface area contributed by atoms with Crippen molar-refractivity contribution in [2.24, 2.45) is 0 Å². The Kier molecular flexibility index (Phi) is 6.39. The Hall–Kier alpha value is -7.28. The normalized spacial score (nSPS) is 14.5. The van der Waals surface area contributed by atoms with Gasteiger partial charge in [-0.15, -0.1) is 0 Å². The Labute approximate surface area is 338 Å². The molecule has 268 valence electrons. The van der Waals surface area contributed by atoms with Gasteiger partial charge in [0, 0.05) is 0 Å². The maximum absolute atomic E-state index is 2.60. The van der Waals surface area contributed by atoms with Crippen molar-refractivity contribution < 1.29 is 0 Å². The summed E-state index contributed by atoms with van der Waals surface area (Å²) in [6, 6.07) is 82.6. The van der Waals surface area contributed by atoms with Crippen LogP contribution in [0.3, 0.4) is 0 Å². The van der Waals surface area contributed by atoms with E-state index in [1.807, 2.05) is 0 Å². The van der Waals surface area contributed by atoms with E-state index < -0.39 is 10.8 Å². The highest BCUT2D eigenvalue weighted by Gasteiger charge is 2.58. The lowest BCUT2D eigenvalue weighted by atomic mass is 9.52. The smallest absolute Gasteiger partial charge is 0.0622 e. The van der Waals surface area contributed by atoms with Crippen LogP contribution in [-0.4, -0.2) is 0 Å². The van der Waals surface area contributed by atoms with Crippen LogP contribution in [-0.2, 0) is 10.8 Å². The molecule has 0 radical (unpaired) electrons. The Balaban J connectivity index is 1.23. The number of hydrogen-bond donors (Lipinski definition) is 0. The Morgan fingerprint density at radius 2 is 0.517 bits per heavy atom. The van der Waals surface area contributed by atoms with Gasteiger partial charge in [0.25, 0.3) is 0 Å². The third-order valence-electron chi connectivity index (χ3n) is 13.7. The van der Waals surface area contributed by atoms with Crippen LogP contribution < -0.4 is 0 Å². The summed E-state index contributed by atoms with van der Waals surface area (Å²) in [5.41, 5.74) is 20.1. The lowest BCUT2D eigenvalue weighted by molar-refractivity contribution is 0.633. The van der Waals surface area contributed by atoms with E-state index in [9.17, 15) is 0 Å². The van der Waals surface area contributed by atoms with Crippen molar-refractivity contribution in [2.45, 2.75) is 10.8 Å². The minimum atomic E-state index is -0.539. The zero-order valence-corrected chi connectivity index (χ0v) is 31.8. The van der Waals surface area contributed by atoms with Gasteiger partial charge in [-0.2, -0.15) is 0 Å². The maximum atomic E-state index is 2.60. The highest BCUT2D eigenvalue weighted by molar-refractivity contribution is 6.21. The lowest BCUT2D eigenvalue weighted by Crippen LogP contribution is -2.43. The Morgan fingerprint density at radius 3 is 0.948 bits per heavy atom. The van der Waals surface area contributed by atoms with E-state index in [1.165, 1.54) is 111 Å². The molecule has 0 bridgehead atoms. The minimum absolute atomic E-state index is 0.503. The predicted molar refractivity (Wildman–Crippen MR) is 240 cm³/mol. The van der Waals surface area contributed by atoms with Gasteiger partial charge in [0.05, 0.1) is 10.8 Å². The average molecular weight is 733 g/mol. The first-order valence-corrected chi connectivity index (χ1v) is 20.4. The molecule has 3 aliphatic carbocycles. The summed E-state index contributed by atoms with van der Waals surface area (Å²) in [6.07, 6.45) is 0. The fraction of sp³-hybridized carbons (Fsp3) is 0.0345. The van der Waals surface area contributed by atoms with Gasteiger partial charge in [0.15, 0.2) is 0 Å². The van der Waals surface area contributed by atoms with Crippen LogP contribution in [0.5, 0.6) is 0 Å². The third-order valence-corrected chi connectivity index (χ3v) is 13.7. The van der Waals surface area contributed by atoms with Crippen LogP contribution in [0.4, 0.5) is 0 Å². The number of fused-ring (bicyclic) bond motifs is 18. The van der Waals surface area contributed by atoms with Gasteiger partial charge < -0.3 is 0 Å². The van der Waals surface area contributed by atoms with Crippen molar-refractivity contribution >= 4 is 21.5 Å². The molecule has 10 aromatic rings. The molecule has 10 aromatic carbocycles. The SMILES string of the molecule is c1ccc(-c2c3ccccc3c(-c3ccc4c(c3)C3(c5ccccc5-c5ccccc53)c3ccccc3C43c4ccccc4-c4ccccc43)c3ccccc23)cc1. The van der Waals surface area contributed by atoms with E-state index >= 15 is 0 Å². The summed E-state index contributed by atoms with van der Waals surface area (Å²) < 4.78 is 0. The molecule has 0 heteroatoms. The number of rotatable bonds is 2. The first-order chi connectivity index (χ1) is 28.8. The summed E-state index contributed by atoms with van der Waals surface area (Å²) in [6.45, 7) is 0. The quantitative estimate of drug-likeness (QED) is 0.155. The largest absolute Gasteiger partial charge is 0.0720 e. The predicted octanol–water partition coefficient (Wildman–Crippen LogP) is 14.4. The molecule has 0 amide bonds. The van der Waals surface area contributed by atoms with Gasteiger partial charge >= 0.3 is 0 Å². The van der Waals surface area contributed by atoms with Gasteiger partial charge in [-0.05, 0) is 117 Å². The number of hydrogen-bond acceptors (Lipinski definition) is 0. The van der Waals surface area contributed by atoms with Crippen LogP contribution in [0, 0.1) is 0 Å². The molecule has 13 rings (SSSR count). The van der Waals surface area contributed by atoms with Crippen molar-refractivity contribution in [3.05, 3.63) is 263 Å². The van der Waals surface area contributed by atoms with E-state index in [-0.39, 0.29) is 0 Å². The molecule has 0 aromatic heterocycles. The summed E-state index contributed by atoms with van der Waals surface area (Å²) in [7, 11) is 0. The van der Waals surface area contributed by atoms with Crippen molar-refractivity contribution in [1.29, 1.82) is 0 Å². The van der Waals surface area contributed by atoms with E-state index in [4.69, 9.17) is 0 Å².